The van der Waals surface area contributed by atoms with Crippen LogP contribution in [0.4, 0.5) is 0 Å². The van der Waals surface area contributed by atoms with Gasteiger partial charge in [0, 0.05) is 6.26 Å². The summed E-state index contributed by atoms with van der Waals surface area (Å²) in [6.45, 7) is 1.79. The smallest absolute Gasteiger partial charge is 0.259 e. The zero-order valence-electron chi connectivity index (χ0n) is 7.81. The van der Waals surface area contributed by atoms with Gasteiger partial charge in [0.25, 0.3) is 10.0 Å². The minimum Gasteiger partial charge on any atom is -0.481 e. The van der Waals surface area contributed by atoms with Gasteiger partial charge in [0.2, 0.25) is 4.38 Å². The second-order valence-electron chi connectivity index (χ2n) is 2.29. The van der Waals surface area contributed by atoms with Gasteiger partial charge >= 0.3 is 0 Å². The van der Waals surface area contributed by atoms with Gasteiger partial charge in [-0.05, 0) is 29.3 Å². The molecule has 78 valence electrons. The van der Waals surface area contributed by atoms with Crippen molar-refractivity contribution in [2.75, 3.05) is 19.1 Å². The first-order chi connectivity index (χ1) is 5.93. The lowest BCUT2D eigenvalue weighted by atomic mass is 10.6. The van der Waals surface area contributed by atoms with Crippen LogP contribution >= 0.6 is 12.2 Å². The number of hydrogen-bond donors (Lipinski definition) is 0. The van der Waals surface area contributed by atoms with E-state index in [9.17, 15) is 8.42 Å². The molecular weight excluding hydrogens is 230 g/mol. The van der Waals surface area contributed by atoms with E-state index in [0.717, 1.165) is 0 Å². The molecule has 0 aromatic rings. The van der Waals surface area contributed by atoms with E-state index >= 15 is 0 Å². The van der Waals surface area contributed by atoms with Gasteiger partial charge in [0.1, 0.15) is 0 Å². The molecule has 0 aromatic heterocycles. The molecule has 0 amide bonds. The average molecular weight is 243 g/mol. The van der Waals surface area contributed by atoms with Crippen LogP contribution in [0.1, 0.15) is 13.3 Å². The van der Waals surface area contributed by atoms with E-state index in [2.05, 4.69) is 3.77 Å². The Bertz CT molecular complexity index is 307. The number of hydrogen-bond acceptors (Lipinski definition) is 4. The maximum absolute atomic E-state index is 11.2. The quantitative estimate of drug-likeness (QED) is 0.696. The molecular formula is C6H13NO3S3. The summed E-state index contributed by atoms with van der Waals surface area (Å²) in [6.07, 6.45) is 2.18. The van der Waals surface area contributed by atoms with Crippen molar-refractivity contribution in [3.63, 3.8) is 0 Å². The molecule has 0 aromatic carbocycles. The third-order valence-electron chi connectivity index (χ3n) is 1.10. The fourth-order valence-electron chi connectivity index (χ4n) is 0.617. The van der Waals surface area contributed by atoms with Crippen molar-refractivity contribution in [1.82, 2.24) is 0 Å². The minimum atomic E-state index is -3.32. The van der Waals surface area contributed by atoms with Crippen molar-refractivity contribution < 1.29 is 13.2 Å². The number of rotatable bonds is 3. The molecule has 0 spiro atoms. The van der Waals surface area contributed by atoms with Crippen LogP contribution in [0.15, 0.2) is 3.77 Å². The molecule has 1 atom stereocenters. The maximum Gasteiger partial charge on any atom is 0.259 e. The number of ether oxygens (including phenoxy) is 1. The van der Waals surface area contributed by atoms with Crippen molar-refractivity contribution in [3.8, 4) is 0 Å². The van der Waals surface area contributed by atoms with E-state index in [-0.39, 0.29) is 10.1 Å². The molecule has 0 heterocycles. The fraction of sp³-hybridized carbons (Fsp3) is 0.833. The van der Waals surface area contributed by atoms with E-state index in [1.54, 1.807) is 13.2 Å². The van der Waals surface area contributed by atoms with Crippen LogP contribution in [0.5, 0.6) is 0 Å². The van der Waals surface area contributed by atoms with Crippen LogP contribution in [0.2, 0.25) is 0 Å². The monoisotopic (exact) mass is 243 g/mol. The van der Waals surface area contributed by atoms with E-state index in [1.807, 2.05) is 0 Å². The summed E-state index contributed by atoms with van der Waals surface area (Å²) >= 11 is 4.76. The van der Waals surface area contributed by atoms with Crippen LogP contribution in [0.3, 0.4) is 0 Å². The van der Waals surface area contributed by atoms with E-state index < -0.39 is 20.7 Å². The molecule has 0 saturated heterocycles. The maximum atomic E-state index is 11.2. The number of thiocarbonyl (C=S) groups is 1. The first-order valence-electron chi connectivity index (χ1n) is 3.62. The SMILES string of the molecule is CCCS(=O)(=O)N=S(C)C(=S)OC. The Morgan fingerprint density at radius 1 is 1.62 bits per heavy atom. The lowest BCUT2D eigenvalue weighted by molar-refractivity contribution is 0.426. The number of sulfonamides is 1. The van der Waals surface area contributed by atoms with Crippen molar-refractivity contribution in [1.29, 1.82) is 0 Å². The first-order valence-corrected chi connectivity index (χ1v) is 7.23. The summed E-state index contributed by atoms with van der Waals surface area (Å²) in [4.78, 5) is 0. The Hall–Kier alpha value is -0.0100. The molecule has 0 aliphatic rings. The van der Waals surface area contributed by atoms with Crippen LogP contribution in [-0.4, -0.2) is 31.9 Å². The first kappa shape index (κ1) is 13.0. The van der Waals surface area contributed by atoms with E-state index in [0.29, 0.717) is 6.42 Å². The summed E-state index contributed by atoms with van der Waals surface area (Å²) < 4.78 is 30.9. The molecule has 1 unspecified atom stereocenters. The van der Waals surface area contributed by atoms with Crippen LogP contribution in [0.25, 0.3) is 0 Å². The van der Waals surface area contributed by atoms with Crippen molar-refractivity contribution >= 4 is 37.3 Å². The molecule has 4 nitrogen and oxygen atoms in total. The Kier molecular flexibility index (Phi) is 5.66. The molecule has 0 radical (unpaired) electrons. The predicted octanol–water partition coefficient (Wildman–Crippen LogP) is 1.09. The highest BCUT2D eigenvalue weighted by molar-refractivity contribution is 8.16. The predicted molar refractivity (Wildman–Crippen MR) is 59.4 cm³/mol. The molecule has 0 saturated carbocycles. The van der Waals surface area contributed by atoms with Gasteiger partial charge in [-0.15, -0.1) is 3.77 Å². The molecule has 0 N–H and O–H groups in total. The summed E-state index contributed by atoms with van der Waals surface area (Å²) in [5, 5.41) is 0. The Balaban J connectivity index is 4.65. The summed E-state index contributed by atoms with van der Waals surface area (Å²) in [6, 6.07) is 0. The second kappa shape index (κ2) is 5.66. The molecule has 0 bridgehead atoms. The lowest BCUT2D eigenvalue weighted by Crippen LogP contribution is -2.09. The van der Waals surface area contributed by atoms with Crippen LogP contribution in [0, 0.1) is 0 Å². The molecule has 13 heavy (non-hydrogen) atoms. The molecule has 0 aliphatic carbocycles. The fourth-order valence-corrected chi connectivity index (χ4v) is 3.55. The van der Waals surface area contributed by atoms with Crippen molar-refractivity contribution in [2.24, 2.45) is 3.77 Å². The highest BCUT2D eigenvalue weighted by atomic mass is 32.3. The van der Waals surface area contributed by atoms with E-state index in [4.69, 9.17) is 17.0 Å². The minimum absolute atomic E-state index is 0.0661. The lowest BCUT2D eigenvalue weighted by Gasteiger charge is -2.01. The molecule has 0 aliphatic heterocycles. The van der Waals surface area contributed by atoms with Crippen LogP contribution in [-0.2, 0) is 25.5 Å². The van der Waals surface area contributed by atoms with Gasteiger partial charge < -0.3 is 4.74 Å². The summed E-state index contributed by atoms with van der Waals surface area (Å²) in [5.41, 5.74) is 0. The van der Waals surface area contributed by atoms with E-state index in [1.165, 1.54) is 7.11 Å². The Morgan fingerprint density at radius 3 is 2.54 bits per heavy atom. The zero-order chi connectivity index (χ0) is 10.5. The molecule has 0 rings (SSSR count). The second-order valence-corrected chi connectivity index (χ2v) is 6.42. The van der Waals surface area contributed by atoms with Gasteiger partial charge in [-0.3, -0.25) is 0 Å². The van der Waals surface area contributed by atoms with Crippen molar-refractivity contribution in [2.45, 2.75) is 13.3 Å². The van der Waals surface area contributed by atoms with Gasteiger partial charge in [-0.25, -0.2) is 8.42 Å². The zero-order valence-corrected chi connectivity index (χ0v) is 10.3. The van der Waals surface area contributed by atoms with Gasteiger partial charge in [-0.1, -0.05) is 6.92 Å². The summed E-state index contributed by atoms with van der Waals surface area (Å²) in [5.74, 6) is 0.0661. The third-order valence-corrected chi connectivity index (χ3v) is 5.36. The third kappa shape index (κ3) is 5.33. The standard InChI is InChI=1S/C6H13NO3S3/c1-4-5-13(8,9)7-12(3)6(11)10-2/h4-5H2,1-3H3. The van der Waals surface area contributed by atoms with Gasteiger partial charge in [0.15, 0.2) is 0 Å². The highest BCUT2D eigenvalue weighted by Crippen LogP contribution is 2.00. The van der Waals surface area contributed by atoms with Crippen LogP contribution < -0.4 is 0 Å². The highest BCUT2D eigenvalue weighted by Gasteiger charge is 2.08. The normalized spacial score (nSPS) is 14.1. The molecule has 0 fully saturated rings. The topological polar surface area (TPSA) is 55.7 Å². The number of methoxy groups -OCH3 is 1. The Morgan fingerprint density at radius 2 is 2.15 bits per heavy atom. The largest absolute Gasteiger partial charge is 0.481 e. The van der Waals surface area contributed by atoms with Gasteiger partial charge in [-0.2, -0.15) is 0 Å². The Labute approximate surface area is 86.8 Å². The summed E-state index contributed by atoms with van der Waals surface area (Å²) in [7, 11) is -2.75. The number of nitrogens with zero attached hydrogens (tertiary/aromatic N) is 1. The molecule has 7 heteroatoms. The average Bonchev–Trinajstić information content (AvgIpc) is 2.01. The van der Waals surface area contributed by atoms with Crippen molar-refractivity contribution in [3.05, 3.63) is 0 Å². The van der Waals surface area contributed by atoms with Gasteiger partial charge in [0.05, 0.1) is 12.9 Å².